The lowest BCUT2D eigenvalue weighted by atomic mass is 10.2. The largest absolute Gasteiger partial charge is 0.330 e. The molecular weight excluding hydrogens is 216 g/mol. The predicted molar refractivity (Wildman–Crippen MR) is 60.0 cm³/mol. The normalized spacial score (nSPS) is 12.8. The fraction of sp³-hybridized carbons (Fsp3) is 0.455. The van der Waals surface area contributed by atoms with Crippen molar-refractivity contribution in [2.75, 3.05) is 6.54 Å². The van der Waals surface area contributed by atoms with E-state index in [2.05, 4.69) is 0 Å². The van der Waals surface area contributed by atoms with Gasteiger partial charge in [-0.15, -0.1) is 11.8 Å². The number of hydrogen-bond acceptors (Lipinski definition) is 2. The van der Waals surface area contributed by atoms with Crippen molar-refractivity contribution in [2.24, 2.45) is 5.73 Å². The number of halogens is 2. The van der Waals surface area contributed by atoms with E-state index in [1.807, 2.05) is 6.92 Å². The number of benzene rings is 1. The van der Waals surface area contributed by atoms with Gasteiger partial charge in [0.2, 0.25) is 0 Å². The minimum absolute atomic E-state index is 0.256. The summed E-state index contributed by atoms with van der Waals surface area (Å²) in [6.45, 7) is 2.59. The van der Waals surface area contributed by atoms with Crippen LogP contribution in [0.5, 0.6) is 0 Å². The lowest BCUT2D eigenvalue weighted by Gasteiger charge is -2.13. The van der Waals surface area contributed by atoms with Crippen molar-refractivity contribution >= 4 is 11.8 Å². The van der Waals surface area contributed by atoms with Gasteiger partial charge in [-0.1, -0.05) is 6.92 Å². The van der Waals surface area contributed by atoms with Crippen LogP contribution in [0.15, 0.2) is 23.1 Å². The second-order valence-corrected chi connectivity index (χ2v) is 4.64. The zero-order valence-corrected chi connectivity index (χ0v) is 9.49. The van der Waals surface area contributed by atoms with E-state index in [-0.39, 0.29) is 11.1 Å². The molecule has 84 valence electrons. The van der Waals surface area contributed by atoms with Crippen molar-refractivity contribution in [3.8, 4) is 0 Å². The summed E-state index contributed by atoms with van der Waals surface area (Å²) in [5.74, 6) is -0.765. The average molecular weight is 231 g/mol. The first-order valence-electron chi connectivity index (χ1n) is 4.99. The van der Waals surface area contributed by atoms with Gasteiger partial charge >= 0.3 is 0 Å². The second kappa shape index (κ2) is 6.08. The Labute approximate surface area is 93.1 Å². The van der Waals surface area contributed by atoms with Crippen LogP contribution in [0.2, 0.25) is 0 Å². The van der Waals surface area contributed by atoms with Crippen LogP contribution < -0.4 is 5.73 Å². The van der Waals surface area contributed by atoms with Gasteiger partial charge < -0.3 is 5.73 Å². The molecule has 0 saturated heterocycles. The van der Waals surface area contributed by atoms with Crippen LogP contribution in [0.4, 0.5) is 8.78 Å². The molecule has 1 atom stereocenters. The zero-order valence-electron chi connectivity index (χ0n) is 8.67. The standard InChI is InChI=1S/C11H15F2NS/c1-2-9(5-6-14)15-11-7-8(12)3-4-10(11)13/h3-4,7,9H,2,5-6,14H2,1H3. The fourth-order valence-corrected chi connectivity index (χ4v) is 2.42. The lowest BCUT2D eigenvalue weighted by molar-refractivity contribution is 0.576. The van der Waals surface area contributed by atoms with E-state index < -0.39 is 5.82 Å². The van der Waals surface area contributed by atoms with Gasteiger partial charge in [-0.3, -0.25) is 0 Å². The third-order valence-electron chi connectivity index (χ3n) is 2.13. The lowest BCUT2D eigenvalue weighted by Crippen LogP contribution is -2.09. The molecule has 2 N–H and O–H groups in total. The molecule has 0 saturated carbocycles. The second-order valence-electron chi connectivity index (χ2n) is 3.30. The topological polar surface area (TPSA) is 26.0 Å². The molecule has 1 aromatic rings. The van der Waals surface area contributed by atoms with Crippen LogP contribution >= 0.6 is 11.8 Å². The van der Waals surface area contributed by atoms with Crippen LogP contribution in [0.3, 0.4) is 0 Å². The van der Waals surface area contributed by atoms with Crippen molar-refractivity contribution in [2.45, 2.75) is 29.9 Å². The molecule has 1 rings (SSSR count). The quantitative estimate of drug-likeness (QED) is 0.788. The number of thioether (sulfide) groups is 1. The van der Waals surface area contributed by atoms with Crippen molar-refractivity contribution in [1.82, 2.24) is 0 Å². The van der Waals surface area contributed by atoms with Crippen molar-refractivity contribution in [3.63, 3.8) is 0 Å². The van der Waals surface area contributed by atoms with Crippen LogP contribution in [-0.4, -0.2) is 11.8 Å². The van der Waals surface area contributed by atoms with Crippen LogP contribution in [-0.2, 0) is 0 Å². The van der Waals surface area contributed by atoms with Crippen molar-refractivity contribution in [1.29, 1.82) is 0 Å². The van der Waals surface area contributed by atoms with Gasteiger partial charge in [0, 0.05) is 10.1 Å². The van der Waals surface area contributed by atoms with Gasteiger partial charge in [0.05, 0.1) is 0 Å². The molecule has 1 nitrogen and oxygen atoms in total. The molecule has 0 bridgehead atoms. The summed E-state index contributed by atoms with van der Waals surface area (Å²) in [7, 11) is 0. The van der Waals surface area contributed by atoms with Gasteiger partial charge in [-0.2, -0.15) is 0 Å². The number of rotatable bonds is 5. The van der Waals surface area contributed by atoms with Crippen molar-refractivity contribution < 1.29 is 8.78 Å². The third kappa shape index (κ3) is 3.80. The van der Waals surface area contributed by atoms with Gasteiger partial charge in [-0.25, -0.2) is 8.78 Å². The van der Waals surface area contributed by atoms with E-state index in [1.54, 1.807) is 0 Å². The Hall–Kier alpha value is -0.610. The van der Waals surface area contributed by atoms with Gasteiger partial charge in [0.25, 0.3) is 0 Å². The smallest absolute Gasteiger partial charge is 0.136 e. The molecule has 4 heteroatoms. The van der Waals surface area contributed by atoms with Gasteiger partial charge in [0.1, 0.15) is 11.6 Å². The SMILES string of the molecule is CCC(CCN)Sc1cc(F)ccc1F. The summed E-state index contributed by atoms with van der Waals surface area (Å²) in [6, 6.07) is 3.52. The summed E-state index contributed by atoms with van der Waals surface area (Å²) < 4.78 is 26.2. The first-order valence-corrected chi connectivity index (χ1v) is 5.87. The summed E-state index contributed by atoms with van der Waals surface area (Å²) in [5, 5.41) is 0.256. The Morgan fingerprint density at radius 2 is 2.13 bits per heavy atom. The maximum atomic E-state index is 13.3. The summed E-state index contributed by atoms with van der Waals surface area (Å²) in [4.78, 5) is 0.371. The molecule has 0 spiro atoms. The molecule has 15 heavy (non-hydrogen) atoms. The van der Waals surface area contributed by atoms with E-state index >= 15 is 0 Å². The third-order valence-corrected chi connectivity index (χ3v) is 3.60. The molecule has 1 aromatic carbocycles. The van der Waals surface area contributed by atoms with E-state index in [0.717, 1.165) is 25.0 Å². The molecule has 0 heterocycles. The van der Waals surface area contributed by atoms with E-state index in [0.29, 0.717) is 11.4 Å². The Morgan fingerprint density at radius 1 is 1.40 bits per heavy atom. The summed E-state index contributed by atoms with van der Waals surface area (Å²) in [5.41, 5.74) is 5.45. The summed E-state index contributed by atoms with van der Waals surface area (Å²) in [6.07, 6.45) is 1.72. The molecule has 0 amide bonds. The van der Waals surface area contributed by atoms with E-state index in [1.165, 1.54) is 17.8 Å². The Balaban J connectivity index is 2.73. The van der Waals surface area contributed by atoms with Crippen molar-refractivity contribution in [3.05, 3.63) is 29.8 Å². The Bertz CT molecular complexity index is 317. The van der Waals surface area contributed by atoms with E-state index in [9.17, 15) is 8.78 Å². The predicted octanol–water partition coefficient (Wildman–Crippen LogP) is 3.18. The molecule has 0 fully saturated rings. The molecule has 0 aromatic heterocycles. The highest BCUT2D eigenvalue weighted by Gasteiger charge is 2.11. The Kier molecular flexibility index (Phi) is 5.05. The highest BCUT2D eigenvalue weighted by atomic mass is 32.2. The molecular formula is C11H15F2NS. The molecule has 1 unspecified atom stereocenters. The van der Waals surface area contributed by atoms with E-state index in [4.69, 9.17) is 5.73 Å². The average Bonchev–Trinajstić information content (AvgIpc) is 2.22. The molecule has 0 aliphatic rings. The molecule has 0 radical (unpaired) electrons. The number of nitrogens with two attached hydrogens (primary N) is 1. The van der Waals surface area contributed by atoms with Crippen LogP contribution in [0.25, 0.3) is 0 Å². The number of hydrogen-bond donors (Lipinski definition) is 1. The first kappa shape index (κ1) is 12.5. The highest BCUT2D eigenvalue weighted by molar-refractivity contribution is 8.00. The summed E-state index contributed by atoms with van der Waals surface area (Å²) >= 11 is 1.36. The first-order chi connectivity index (χ1) is 7.17. The minimum atomic E-state index is -0.401. The van der Waals surface area contributed by atoms with Crippen LogP contribution in [0, 0.1) is 11.6 Å². The van der Waals surface area contributed by atoms with Gasteiger partial charge in [0.15, 0.2) is 0 Å². The highest BCUT2D eigenvalue weighted by Crippen LogP contribution is 2.29. The fourth-order valence-electron chi connectivity index (χ4n) is 1.28. The van der Waals surface area contributed by atoms with Gasteiger partial charge in [-0.05, 0) is 37.6 Å². The monoisotopic (exact) mass is 231 g/mol. The minimum Gasteiger partial charge on any atom is -0.330 e. The maximum absolute atomic E-state index is 13.3. The zero-order chi connectivity index (χ0) is 11.3. The Morgan fingerprint density at radius 3 is 2.73 bits per heavy atom. The van der Waals surface area contributed by atoms with Crippen LogP contribution in [0.1, 0.15) is 19.8 Å². The molecule has 0 aliphatic heterocycles. The molecule has 0 aliphatic carbocycles. The maximum Gasteiger partial charge on any atom is 0.136 e.